The first-order valence-corrected chi connectivity index (χ1v) is 9.47. The van der Waals surface area contributed by atoms with Crippen molar-refractivity contribution in [1.82, 2.24) is 9.91 Å². The number of carbonyl (C=O) groups is 1. The highest BCUT2D eigenvalue weighted by Gasteiger charge is 2.49. The van der Waals surface area contributed by atoms with Crippen molar-refractivity contribution in [3.63, 3.8) is 0 Å². The van der Waals surface area contributed by atoms with Gasteiger partial charge < -0.3 is 5.11 Å². The molecule has 0 aromatic heterocycles. The van der Waals surface area contributed by atoms with Crippen molar-refractivity contribution in [2.45, 2.75) is 25.2 Å². The maximum absolute atomic E-state index is 13.4. The maximum Gasteiger partial charge on any atom is 0.260 e. The summed E-state index contributed by atoms with van der Waals surface area (Å²) < 4.78 is 0. The van der Waals surface area contributed by atoms with Crippen molar-refractivity contribution >= 4 is 11.6 Å². The molecule has 2 N–H and O–H groups in total. The van der Waals surface area contributed by atoms with Gasteiger partial charge in [0.2, 0.25) is 0 Å². The molecule has 1 amide bonds. The average molecular weight is 371 g/mol. The van der Waals surface area contributed by atoms with Gasteiger partial charge in [0.1, 0.15) is 11.9 Å². The zero-order chi connectivity index (χ0) is 19.1. The molecule has 0 radical (unpaired) electrons. The van der Waals surface area contributed by atoms with E-state index in [0.29, 0.717) is 13.0 Å². The number of nitrogens with one attached hydrogen (secondary N) is 1. The van der Waals surface area contributed by atoms with Crippen LogP contribution in [0.3, 0.4) is 0 Å². The smallest absolute Gasteiger partial charge is 0.260 e. The summed E-state index contributed by atoms with van der Waals surface area (Å²) in [6.07, 6.45) is 0.461. The van der Waals surface area contributed by atoms with E-state index in [1.165, 1.54) is 11.1 Å². The summed E-state index contributed by atoms with van der Waals surface area (Å²) in [6, 6.07) is 25.0. The fourth-order valence-corrected chi connectivity index (χ4v) is 4.21. The van der Waals surface area contributed by atoms with Gasteiger partial charge in [0.25, 0.3) is 5.91 Å². The Balaban J connectivity index is 1.56. The molecule has 140 valence electrons. The third-order valence-corrected chi connectivity index (χ3v) is 5.58. The number of phenols is 1. The summed E-state index contributed by atoms with van der Waals surface area (Å²) >= 11 is 0. The molecular weight excluding hydrogens is 350 g/mol. The molecular formula is C23H21N3O2. The Kier molecular flexibility index (Phi) is 4.02. The number of hydrogen-bond donors (Lipinski definition) is 2. The number of aromatic hydroxyl groups is 1. The van der Waals surface area contributed by atoms with Gasteiger partial charge in [-0.2, -0.15) is 0 Å². The molecule has 3 aromatic carbocycles. The molecule has 0 bridgehead atoms. The number of phenolic OH excluding ortho intramolecular Hbond substituents is 1. The second kappa shape index (κ2) is 6.69. The SMILES string of the molecule is O=C1[C@@H]2Cc3ccccc3CN2C(c2ccc(O)cc2)N1Nc1ccccc1. The van der Waals surface area contributed by atoms with Gasteiger partial charge in [0, 0.05) is 6.54 Å². The summed E-state index contributed by atoms with van der Waals surface area (Å²) in [5.41, 5.74) is 7.66. The van der Waals surface area contributed by atoms with Gasteiger partial charge in [-0.05, 0) is 47.4 Å². The molecule has 0 spiro atoms. The van der Waals surface area contributed by atoms with E-state index in [0.717, 1.165) is 11.3 Å². The van der Waals surface area contributed by atoms with Gasteiger partial charge in [-0.15, -0.1) is 0 Å². The number of amides is 1. The molecule has 2 heterocycles. The van der Waals surface area contributed by atoms with Gasteiger partial charge in [0.15, 0.2) is 0 Å². The maximum atomic E-state index is 13.4. The summed E-state index contributed by atoms with van der Waals surface area (Å²) in [7, 11) is 0. The Morgan fingerprint density at radius 3 is 2.29 bits per heavy atom. The Hall–Kier alpha value is -3.31. The van der Waals surface area contributed by atoms with Crippen LogP contribution in [0, 0.1) is 0 Å². The molecule has 1 fully saturated rings. The summed E-state index contributed by atoms with van der Waals surface area (Å²) in [4.78, 5) is 15.6. The highest BCUT2D eigenvalue weighted by atomic mass is 16.3. The average Bonchev–Trinajstić information content (AvgIpc) is 2.99. The van der Waals surface area contributed by atoms with Crippen LogP contribution in [0.5, 0.6) is 5.75 Å². The van der Waals surface area contributed by atoms with E-state index >= 15 is 0 Å². The van der Waals surface area contributed by atoms with Gasteiger partial charge in [-0.25, -0.2) is 5.01 Å². The topological polar surface area (TPSA) is 55.8 Å². The molecule has 5 nitrogen and oxygen atoms in total. The normalized spacial score (nSPS) is 21.3. The first kappa shape index (κ1) is 16.8. The van der Waals surface area contributed by atoms with Crippen LogP contribution in [0.4, 0.5) is 5.69 Å². The van der Waals surface area contributed by atoms with Crippen LogP contribution in [-0.2, 0) is 17.8 Å². The number of carbonyl (C=O) groups excluding carboxylic acids is 1. The molecule has 1 unspecified atom stereocenters. The van der Waals surface area contributed by atoms with Crippen molar-refractivity contribution in [2.24, 2.45) is 0 Å². The second-order valence-electron chi connectivity index (χ2n) is 7.31. The van der Waals surface area contributed by atoms with Crippen LogP contribution in [0.1, 0.15) is 22.9 Å². The van der Waals surface area contributed by atoms with Crippen molar-refractivity contribution < 1.29 is 9.90 Å². The summed E-state index contributed by atoms with van der Waals surface area (Å²) in [5.74, 6) is 0.285. The van der Waals surface area contributed by atoms with E-state index in [-0.39, 0.29) is 23.9 Å². The predicted molar refractivity (Wildman–Crippen MR) is 107 cm³/mol. The minimum atomic E-state index is -0.244. The molecule has 0 saturated carbocycles. The Morgan fingerprint density at radius 1 is 0.857 bits per heavy atom. The summed E-state index contributed by atoms with van der Waals surface area (Å²) in [6.45, 7) is 0.713. The fraction of sp³-hybridized carbons (Fsp3) is 0.174. The zero-order valence-corrected chi connectivity index (χ0v) is 15.3. The Labute approximate surface area is 163 Å². The van der Waals surface area contributed by atoms with E-state index in [1.54, 1.807) is 17.1 Å². The number of anilines is 1. The number of hydrogen-bond acceptors (Lipinski definition) is 4. The third kappa shape index (κ3) is 2.80. The number of benzene rings is 3. The fourth-order valence-electron chi connectivity index (χ4n) is 4.21. The molecule has 0 aliphatic carbocycles. The standard InChI is InChI=1S/C23H21N3O2/c27-20-12-10-16(11-13-20)22-25-15-18-7-5-4-6-17(18)14-21(25)23(28)26(22)24-19-8-2-1-3-9-19/h1-13,21-22,24,27H,14-15H2/t21-,22?/m0/s1. The molecule has 5 rings (SSSR count). The van der Waals surface area contributed by atoms with Crippen molar-refractivity contribution in [2.75, 3.05) is 5.43 Å². The number of para-hydroxylation sites is 1. The lowest BCUT2D eigenvalue weighted by Crippen LogP contribution is -2.39. The van der Waals surface area contributed by atoms with Crippen molar-refractivity contribution in [3.05, 3.63) is 95.6 Å². The number of hydrazine groups is 1. The van der Waals surface area contributed by atoms with Gasteiger partial charge in [0.05, 0.1) is 11.7 Å². The minimum absolute atomic E-state index is 0.0661. The van der Waals surface area contributed by atoms with Crippen LogP contribution >= 0.6 is 0 Å². The number of rotatable bonds is 3. The molecule has 28 heavy (non-hydrogen) atoms. The minimum Gasteiger partial charge on any atom is -0.508 e. The van der Waals surface area contributed by atoms with Gasteiger partial charge >= 0.3 is 0 Å². The van der Waals surface area contributed by atoms with Gasteiger partial charge in [-0.3, -0.25) is 15.1 Å². The zero-order valence-electron chi connectivity index (χ0n) is 15.3. The first-order valence-electron chi connectivity index (χ1n) is 9.47. The molecule has 2 aliphatic rings. The van der Waals surface area contributed by atoms with Crippen molar-refractivity contribution in [1.29, 1.82) is 0 Å². The second-order valence-corrected chi connectivity index (χ2v) is 7.31. The molecule has 2 atom stereocenters. The van der Waals surface area contributed by atoms with Crippen LogP contribution in [0.25, 0.3) is 0 Å². The molecule has 5 heteroatoms. The molecule has 3 aromatic rings. The highest BCUT2D eigenvalue weighted by Crippen LogP contribution is 2.40. The monoisotopic (exact) mass is 371 g/mol. The van der Waals surface area contributed by atoms with Gasteiger partial charge in [-0.1, -0.05) is 54.6 Å². The van der Waals surface area contributed by atoms with Crippen LogP contribution < -0.4 is 5.43 Å². The lowest BCUT2D eigenvalue weighted by molar-refractivity contribution is -0.129. The van der Waals surface area contributed by atoms with Crippen LogP contribution in [0.2, 0.25) is 0 Å². The van der Waals surface area contributed by atoms with E-state index in [1.807, 2.05) is 54.6 Å². The Bertz CT molecular complexity index is 1000. The summed E-state index contributed by atoms with van der Waals surface area (Å²) in [5, 5.41) is 11.4. The highest BCUT2D eigenvalue weighted by molar-refractivity contribution is 5.86. The number of nitrogens with zero attached hydrogens (tertiary/aromatic N) is 2. The van der Waals surface area contributed by atoms with E-state index in [2.05, 4.69) is 22.5 Å². The number of fused-ring (bicyclic) bond motifs is 2. The van der Waals surface area contributed by atoms with Crippen LogP contribution in [-0.4, -0.2) is 27.0 Å². The largest absolute Gasteiger partial charge is 0.508 e. The first-order chi connectivity index (χ1) is 13.7. The molecule has 1 saturated heterocycles. The van der Waals surface area contributed by atoms with Crippen LogP contribution in [0.15, 0.2) is 78.9 Å². The molecule has 2 aliphatic heterocycles. The van der Waals surface area contributed by atoms with Crippen molar-refractivity contribution in [3.8, 4) is 5.75 Å². The van der Waals surface area contributed by atoms with E-state index in [4.69, 9.17) is 0 Å². The van der Waals surface area contributed by atoms with E-state index in [9.17, 15) is 9.90 Å². The predicted octanol–water partition coefficient (Wildman–Crippen LogP) is 3.69. The lowest BCUT2D eigenvalue weighted by Gasteiger charge is -2.34. The third-order valence-electron chi connectivity index (χ3n) is 5.58. The van der Waals surface area contributed by atoms with E-state index < -0.39 is 0 Å². The Morgan fingerprint density at radius 2 is 1.54 bits per heavy atom. The quantitative estimate of drug-likeness (QED) is 0.737. The lowest BCUT2D eigenvalue weighted by atomic mass is 9.94.